The van der Waals surface area contributed by atoms with E-state index in [2.05, 4.69) is 5.32 Å². The second-order valence-corrected chi connectivity index (χ2v) is 2.90. The van der Waals surface area contributed by atoms with Crippen LogP contribution in [0.15, 0.2) is 0 Å². The molecule has 46 valence electrons. The first-order chi connectivity index (χ1) is 3.93. The van der Waals surface area contributed by atoms with Crippen LogP contribution in [0.5, 0.6) is 0 Å². The third-order valence-electron chi connectivity index (χ3n) is 1.14. The number of rotatable bonds is 1. The molecule has 1 rings (SSSR count). The molecule has 0 aliphatic carbocycles. The molecule has 0 aromatic carbocycles. The summed E-state index contributed by atoms with van der Waals surface area (Å²) in [6, 6.07) is 0. The Balaban J connectivity index is 2.22. The Bertz CT molecular complexity index is 80.5. The van der Waals surface area contributed by atoms with Gasteiger partial charge in [0.25, 0.3) is 0 Å². The average Bonchev–Trinajstić information content (AvgIpc) is 1.90. The van der Waals surface area contributed by atoms with Crippen LogP contribution in [0.3, 0.4) is 0 Å². The fraction of sp³-hybridized carbons (Fsp3) is 0.800. The van der Waals surface area contributed by atoms with E-state index in [0.717, 1.165) is 24.5 Å². The molecule has 1 heterocycles. The molecule has 1 aliphatic rings. The first-order valence-corrected chi connectivity index (χ1v) is 3.82. The maximum absolute atomic E-state index is 10.1. The second kappa shape index (κ2) is 3.10. The van der Waals surface area contributed by atoms with Crippen molar-refractivity contribution in [1.82, 2.24) is 5.32 Å². The molecule has 0 amide bonds. The highest BCUT2D eigenvalue weighted by Gasteiger charge is 2.10. The molecule has 1 aliphatic heterocycles. The van der Waals surface area contributed by atoms with Crippen LogP contribution in [0.25, 0.3) is 0 Å². The highest BCUT2D eigenvalue weighted by Crippen LogP contribution is 2.08. The molecule has 1 saturated heterocycles. The summed E-state index contributed by atoms with van der Waals surface area (Å²) in [5.41, 5.74) is 0. The van der Waals surface area contributed by atoms with Gasteiger partial charge in [-0.05, 0) is 0 Å². The lowest BCUT2D eigenvalue weighted by atomic mass is 10.2. The number of hydrogen-bond acceptors (Lipinski definition) is 3. The fourth-order valence-electron chi connectivity index (χ4n) is 0.673. The zero-order chi connectivity index (χ0) is 5.82. The molecule has 0 bridgehead atoms. The Morgan fingerprint density at radius 2 is 2.62 bits per heavy atom. The van der Waals surface area contributed by atoms with Crippen molar-refractivity contribution in [2.75, 3.05) is 18.2 Å². The highest BCUT2D eigenvalue weighted by molar-refractivity contribution is 7.99. The Morgan fingerprint density at radius 1 is 1.75 bits per heavy atom. The van der Waals surface area contributed by atoms with E-state index in [-0.39, 0.29) is 5.92 Å². The van der Waals surface area contributed by atoms with E-state index in [9.17, 15) is 4.79 Å². The zero-order valence-corrected chi connectivity index (χ0v) is 5.41. The van der Waals surface area contributed by atoms with Crippen LogP contribution >= 0.6 is 11.8 Å². The molecule has 2 nitrogen and oxygen atoms in total. The summed E-state index contributed by atoms with van der Waals surface area (Å²) in [5, 5.41) is 3.12. The molecule has 0 spiro atoms. The predicted octanol–water partition coefficient (Wildman–Crippen LogP) is 0.0954. The minimum absolute atomic E-state index is 0.258. The van der Waals surface area contributed by atoms with Gasteiger partial charge in [-0.15, -0.1) is 11.8 Å². The van der Waals surface area contributed by atoms with Crippen molar-refractivity contribution in [2.45, 2.75) is 0 Å². The minimum Gasteiger partial charge on any atom is -0.307 e. The number of thioether (sulfide) groups is 1. The SMILES string of the molecule is O=CC1CNCSC1. The minimum atomic E-state index is 0.258. The molecular weight excluding hydrogens is 122 g/mol. The van der Waals surface area contributed by atoms with Gasteiger partial charge in [-0.1, -0.05) is 0 Å². The molecule has 1 unspecified atom stereocenters. The van der Waals surface area contributed by atoms with E-state index in [4.69, 9.17) is 0 Å². The second-order valence-electron chi connectivity index (χ2n) is 1.87. The molecule has 1 N–H and O–H groups in total. The van der Waals surface area contributed by atoms with Crippen molar-refractivity contribution in [1.29, 1.82) is 0 Å². The normalized spacial score (nSPS) is 29.8. The molecule has 8 heavy (non-hydrogen) atoms. The van der Waals surface area contributed by atoms with E-state index in [1.807, 2.05) is 0 Å². The molecular formula is C5H9NOS. The van der Waals surface area contributed by atoms with Gasteiger partial charge in [-0.25, -0.2) is 0 Å². The van der Waals surface area contributed by atoms with Crippen molar-refractivity contribution in [3.05, 3.63) is 0 Å². The molecule has 1 atom stereocenters. The number of aldehydes is 1. The van der Waals surface area contributed by atoms with Gasteiger partial charge in [0, 0.05) is 24.1 Å². The smallest absolute Gasteiger partial charge is 0.125 e. The summed E-state index contributed by atoms with van der Waals surface area (Å²) in [7, 11) is 0. The third-order valence-corrected chi connectivity index (χ3v) is 2.21. The van der Waals surface area contributed by atoms with Crippen LogP contribution in [-0.4, -0.2) is 24.5 Å². The van der Waals surface area contributed by atoms with Gasteiger partial charge in [-0.2, -0.15) is 0 Å². The summed E-state index contributed by atoms with van der Waals surface area (Å²) in [6.07, 6.45) is 1.03. The number of carbonyl (C=O) groups is 1. The first kappa shape index (κ1) is 6.11. The lowest BCUT2D eigenvalue weighted by Crippen LogP contribution is -2.30. The van der Waals surface area contributed by atoms with Gasteiger partial charge in [0.15, 0.2) is 0 Å². The Labute approximate surface area is 53.0 Å². The van der Waals surface area contributed by atoms with Crippen LogP contribution in [0.2, 0.25) is 0 Å². The first-order valence-electron chi connectivity index (χ1n) is 2.67. The van der Waals surface area contributed by atoms with Crippen LogP contribution < -0.4 is 5.32 Å². The summed E-state index contributed by atoms with van der Waals surface area (Å²) < 4.78 is 0. The highest BCUT2D eigenvalue weighted by atomic mass is 32.2. The van der Waals surface area contributed by atoms with Gasteiger partial charge in [-0.3, -0.25) is 0 Å². The van der Waals surface area contributed by atoms with Gasteiger partial charge in [0.1, 0.15) is 6.29 Å². The summed E-state index contributed by atoms with van der Waals surface area (Å²) >= 11 is 1.79. The molecule has 0 aromatic heterocycles. The Hall–Kier alpha value is -0.0200. The fourth-order valence-corrected chi connectivity index (χ4v) is 1.55. The van der Waals surface area contributed by atoms with E-state index in [1.165, 1.54) is 0 Å². The van der Waals surface area contributed by atoms with Crippen molar-refractivity contribution in [2.24, 2.45) is 5.92 Å². The van der Waals surface area contributed by atoms with Crippen molar-refractivity contribution in [3.8, 4) is 0 Å². The predicted molar refractivity (Wildman–Crippen MR) is 34.9 cm³/mol. The number of hydrogen-bond donors (Lipinski definition) is 1. The third kappa shape index (κ3) is 1.49. The maximum Gasteiger partial charge on any atom is 0.125 e. The summed E-state index contributed by atoms with van der Waals surface area (Å²) in [5.74, 6) is 2.26. The molecule has 0 aromatic rings. The van der Waals surface area contributed by atoms with E-state index < -0.39 is 0 Å². The van der Waals surface area contributed by atoms with Gasteiger partial charge >= 0.3 is 0 Å². The molecule has 0 saturated carbocycles. The number of carbonyl (C=O) groups excluding carboxylic acids is 1. The monoisotopic (exact) mass is 131 g/mol. The number of nitrogens with one attached hydrogen (secondary N) is 1. The molecule has 1 fully saturated rings. The van der Waals surface area contributed by atoms with E-state index >= 15 is 0 Å². The Kier molecular flexibility index (Phi) is 2.36. The summed E-state index contributed by atoms with van der Waals surface area (Å²) in [4.78, 5) is 10.1. The van der Waals surface area contributed by atoms with Crippen LogP contribution in [0.4, 0.5) is 0 Å². The van der Waals surface area contributed by atoms with Crippen molar-refractivity contribution >= 4 is 18.0 Å². The average molecular weight is 131 g/mol. The lowest BCUT2D eigenvalue weighted by molar-refractivity contribution is -0.110. The maximum atomic E-state index is 10.1. The quantitative estimate of drug-likeness (QED) is 0.512. The largest absolute Gasteiger partial charge is 0.307 e. The zero-order valence-electron chi connectivity index (χ0n) is 4.59. The van der Waals surface area contributed by atoms with E-state index in [1.54, 1.807) is 11.8 Å². The van der Waals surface area contributed by atoms with Crippen LogP contribution in [-0.2, 0) is 4.79 Å². The van der Waals surface area contributed by atoms with Crippen LogP contribution in [0, 0.1) is 5.92 Å². The van der Waals surface area contributed by atoms with Gasteiger partial charge < -0.3 is 10.1 Å². The Morgan fingerprint density at radius 3 is 3.00 bits per heavy atom. The van der Waals surface area contributed by atoms with Gasteiger partial charge in [0.2, 0.25) is 0 Å². The summed E-state index contributed by atoms with van der Waals surface area (Å²) in [6.45, 7) is 0.872. The molecule has 0 radical (unpaired) electrons. The lowest BCUT2D eigenvalue weighted by Gasteiger charge is -2.16. The van der Waals surface area contributed by atoms with E-state index in [0.29, 0.717) is 0 Å². The van der Waals surface area contributed by atoms with Crippen LogP contribution in [0.1, 0.15) is 0 Å². The standard InChI is InChI=1S/C5H9NOS/c7-2-5-1-6-4-8-3-5/h2,5-6H,1,3-4H2. The molecule has 3 heteroatoms. The van der Waals surface area contributed by atoms with Gasteiger partial charge in [0.05, 0.1) is 0 Å². The topological polar surface area (TPSA) is 29.1 Å². The van der Waals surface area contributed by atoms with Crippen molar-refractivity contribution in [3.63, 3.8) is 0 Å². The van der Waals surface area contributed by atoms with Crippen molar-refractivity contribution < 1.29 is 4.79 Å².